The zero-order valence-corrected chi connectivity index (χ0v) is 22.1. The molecule has 2 aliphatic heterocycles. The van der Waals surface area contributed by atoms with Crippen molar-refractivity contribution < 1.29 is 28.0 Å². The topological polar surface area (TPSA) is 154 Å². The van der Waals surface area contributed by atoms with Crippen molar-refractivity contribution >= 4 is 58.0 Å². The van der Waals surface area contributed by atoms with Gasteiger partial charge in [0.1, 0.15) is 0 Å². The third-order valence-electron chi connectivity index (χ3n) is 5.21. The van der Waals surface area contributed by atoms with Gasteiger partial charge in [0.15, 0.2) is 11.7 Å². The van der Waals surface area contributed by atoms with Gasteiger partial charge in [-0.3, -0.25) is 0 Å². The molecule has 0 amide bonds. The van der Waals surface area contributed by atoms with Crippen molar-refractivity contribution in [3.63, 3.8) is 0 Å². The predicted octanol–water partition coefficient (Wildman–Crippen LogP) is 1.90. The SMILES string of the molecule is CCOC(=O)C1=C(COCCNC2=NS(=O)N=C2N)NC(C)=C(C(=O)OC)C1c1cccc(Cl)c1Cl. The van der Waals surface area contributed by atoms with Crippen LogP contribution in [0.25, 0.3) is 0 Å². The number of allylic oxidation sites excluding steroid dienone is 1. The van der Waals surface area contributed by atoms with Gasteiger partial charge in [0, 0.05) is 12.2 Å². The molecule has 11 nitrogen and oxygen atoms in total. The number of carbonyl (C=O) groups is 2. The van der Waals surface area contributed by atoms with Crippen LogP contribution < -0.4 is 16.4 Å². The maximum Gasteiger partial charge on any atom is 0.336 e. The van der Waals surface area contributed by atoms with Gasteiger partial charge >= 0.3 is 11.9 Å². The van der Waals surface area contributed by atoms with E-state index in [0.717, 1.165) is 0 Å². The fraction of sp³-hybridized carbons (Fsp3) is 0.364. The maximum absolute atomic E-state index is 13.2. The molecule has 0 fully saturated rings. The third-order valence-corrected chi connectivity index (χ3v) is 6.74. The first-order chi connectivity index (χ1) is 17.2. The lowest BCUT2D eigenvalue weighted by molar-refractivity contribution is -0.139. The first kappa shape index (κ1) is 27.7. The zero-order valence-electron chi connectivity index (χ0n) is 19.7. The molecular weight excluding hydrogens is 533 g/mol. The van der Waals surface area contributed by atoms with Gasteiger partial charge in [-0.05, 0) is 25.5 Å². The van der Waals surface area contributed by atoms with Crippen molar-refractivity contribution in [2.24, 2.45) is 14.5 Å². The molecule has 2 unspecified atom stereocenters. The van der Waals surface area contributed by atoms with Crippen LogP contribution >= 0.6 is 23.2 Å². The minimum Gasteiger partial charge on any atom is -0.466 e. The summed E-state index contributed by atoms with van der Waals surface area (Å²) in [6.45, 7) is 3.89. The van der Waals surface area contributed by atoms with Crippen molar-refractivity contribution in [2.75, 3.05) is 33.5 Å². The van der Waals surface area contributed by atoms with Crippen molar-refractivity contribution in [3.05, 3.63) is 56.3 Å². The molecule has 2 aliphatic rings. The highest BCUT2D eigenvalue weighted by atomic mass is 35.5. The van der Waals surface area contributed by atoms with Crippen LogP contribution in [0.2, 0.25) is 10.0 Å². The van der Waals surface area contributed by atoms with Crippen molar-refractivity contribution in [1.82, 2.24) is 10.6 Å². The van der Waals surface area contributed by atoms with Crippen molar-refractivity contribution in [3.8, 4) is 0 Å². The van der Waals surface area contributed by atoms with Gasteiger partial charge < -0.3 is 30.6 Å². The second-order valence-corrected chi connectivity index (χ2v) is 9.08. The van der Waals surface area contributed by atoms with E-state index in [1.54, 1.807) is 32.0 Å². The molecule has 0 aliphatic carbocycles. The molecule has 194 valence electrons. The Bertz CT molecular complexity index is 1210. The first-order valence-electron chi connectivity index (χ1n) is 10.8. The van der Waals surface area contributed by atoms with Gasteiger partial charge in [0.2, 0.25) is 0 Å². The number of benzene rings is 1. The van der Waals surface area contributed by atoms with Gasteiger partial charge in [0.25, 0.3) is 11.2 Å². The van der Waals surface area contributed by atoms with E-state index in [4.69, 9.17) is 43.1 Å². The minimum atomic E-state index is -1.73. The average molecular weight is 558 g/mol. The average Bonchev–Trinajstić information content (AvgIpc) is 3.16. The Kier molecular flexibility index (Phi) is 9.49. The molecule has 1 aromatic rings. The smallest absolute Gasteiger partial charge is 0.336 e. The fourth-order valence-electron chi connectivity index (χ4n) is 3.71. The first-order valence-corrected chi connectivity index (χ1v) is 12.6. The normalized spacial score (nSPS) is 19.5. The Morgan fingerprint density at radius 2 is 1.97 bits per heavy atom. The van der Waals surface area contributed by atoms with Gasteiger partial charge in [0.05, 0.1) is 59.7 Å². The number of methoxy groups -OCH3 is 1. The van der Waals surface area contributed by atoms with E-state index in [2.05, 4.69) is 19.4 Å². The highest BCUT2D eigenvalue weighted by molar-refractivity contribution is 7.83. The molecule has 3 rings (SSSR count). The van der Waals surface area contributed by atoms with Crippen molar-refractivity contribution in [2.45, 2.75) is 19.8 Å². The number of dihydropyridines is 1. The van der Waals surface area contributed by atoms with E-state index >= 15 is 0 Å². The molecule has 0 radical (unpaired) electrons. The van der Waals surface area contributed by atoms with E-state index in [1.807, 2.05) is 0 Å². The summed E-state index contributed by atoms with van der Waals surface area (Å²) in [5, 5.41) is 6.43. The number of rotatable bonds is 9. The lowest BCUT2D eigenvalue weighted by Crippen LogP contribution is -2.37. The van der Waals surface area contributed by atoms with E-state index in [-0.39, 0.29) is 59.2 Å². The lowest BCUT2D eigenvalue weighted by atomic mass is 9.80. The van der Waals surface area contributed by atoms with E-state index in [1.165, 1.54) is 7.11 Å². The largest absolute Gasteiger partial charge is 0.466 e. The van der Waals surface area contributed by atoms with E-state index < -0.39 is 29.0 Å². The Balaban J connectivity index is 1.92. The maximum atomic E-state index is 13.2. The Labute approximate surface area is 220 Å². The van der Waals surface area contributed by atoms with Crippen LogP contribution in [0.1, 0.15) is 25.3 Å². The number of hydrogen-bond donors (Lipinski definition) is 3. The van der Waals surface area contributed by atoms with Gasteiger partial charge in [-0.1, -0.05) is 35.3 Å². The third kappa shape index (κ3) is 6.06. The Morgan fingerprint density at radius 3 is 2.61 bits per heavy atom. The molecule has 2 heterocycles. The van der Waals surface area contributed by atoms with Crippen LogP contribution in [-0.2, 0) is 35.0 Å². The summed E-state index contributed by atoms with van der Waals surface area (Å²) in [5.74, 6) is -1.94. The van der Waals surface area contributed by atoms with Gasteiger partial charge in [-0.25, -0.2) is 13.8 Å². The predicted molar refractivity (Wildman–Crippen MR) is 137 cm³/mol. The summed E-state index contributed by atoms with van der Waals surface area (Å²) in [7, 11) is 1.25. The molecule has 0 aromatic heterocycles. The molecule has 14 heteroatoms. The van der Waals surface area contributed by atoms with Crippen LogP contribution in [0.5, 0.6) is 0 Å². The van der Waals surface area contributed by atoms with E-state index in [0.29, 0.717) is 17.0 Å². The monoisotopic (exact) mass is 557 g/mol. The van der Waals surface area contributed by atoms with Crippen LogP contribution in [-0.4, -0.2) is 61.3 Å². The summed E-state index contributed by atoms with van der Waals surface area (Å²) in [4.78, 5) is 26.0. The number of amidine groups is 2. The molecule has 36 heavy (non-hydrogen) atoms. The number of carbonyl (C=O) groups excluding carboxylic acids is 2. The second kappa shape index (κ2) is 12.3. The minimum absolute atomic E-state index is 0.0295. The number of halogens is 2. The highest BCUT2D eigenvalue weighted by Crippen LogP contribution is 2.43. The van der Waals surface area contributed by atoms with Gasteiger partial charge in [-0.2, -0.15) is 0 Å². The fourth-order valence-corrected chi connectivity index (χ4v) is 4.73. The molecule has 1 aromatic carbocycles. The second-order valence-electron chi connectivity index (χ2n) is 7.47. The van der Waals surface area contributed by atoms with Crippen LogP contribution in [0.4, 0.5) is 0 Å². The van der Waals surface area contributed by atoms with Crippen LogP contribution in [0.15, 0.2) is 49.5 Å². The molecular formula is C22H25Cl2N5O6S. The number of ether oxygens (including phenoxy) is 3. The molecule has 2 atom stereocenters. The zero-order chi connectivity index (χ0) is 26.4. The Morgan fingerprint density at radius 1 is 1.22 bits per heavy atom. The molecule has 0 spiro atoms. The number of hydrogen-bond acceptors (Lipinski definition) is 9. The number of nitrogens with one attached hydrogen (secondary N) is 2. The molecule has 0 saturated carbocycles. The summed E-state index contributed by atoms with van der Waals surface area (Å²) in [5.41, 5.74) is 7.25. The summed E-state index contributed by atoms with van der Waals surface area (Å²) in [6, 6.07) is 4.96. The number of nitrogens with zero attached hydrogens (tertiary/aromatic N) is 2. The molecule has 0 bridgehead atoms. The van der Waals surface area contributed by atoms with E-state index in [9.17, 15) is 13.8 Å². The van der Waals surface area contributed by atoms with Gasteiger partial charge in [-0.15, -0.1) is 8.80 Å². The standard InChI is InChI=1S/C22H25Cl2N5O6S/c1-4-35-22(31)17-14(10-34-9-8-26-20-19(25)28-36(32)29-20)27-11(2)15(21(30)33-3)16(17)12-6-5-7-13(23)18(12)24/h5-7,16,27H,4,8-10H2,1-3H3,(H2,25,28)(H,26,29). The highest BCUT2D eigenvalue weighted by Gasteiger charge is 2.40. The van der Waals surface area contributed by atoms with Crippen LogP contribution in [0, 0.1) is 0 Å². The summed E-state index contributed by atoms with van der Waals surface area (Å²) in [6.07, 6.45) is 0. The lowest BCUT2D eigenvalue weighted by Gasteiger charge is -2.31. The van der Waals surface area contributed by atoms with Crippen LogP contribution in [0.3, 0.4) is 0 Å². The summed E-state index contributed by atoms with van der Waals surface area (Å²) >= 11 is 11.0. The number of nitrogens with two attached hydrogens (primary N) is 1. The molecule has 4 N–H and O–H groups in total. The quantitative estimate of drug-likeness (QED) is 0.305. The van der Waals surface area contributed by atoms with Crippen molar-refractivity contribution in [1.29, 1.82) is 0 Å². The number of esters is 2. The Hall–Kier alpha value is -2.93. The molecule has 0 saturated heterocycles. The summed E-state index contributed by atoms with van der Waals surface area (Å²) < 4.78 is 34.7.